The normalized spacial score (nSPS) is 13.7. The van der Waals surface area contributed by atoms with E-state index >= 15 is 0 Å². The third-order valence-corrected chi connectivity index (χ3v) is 7.42. The van der Waals surface area contributed by atoms with Gasteiger partial charge in [-0.2, -0.15) is 0 Å². The number of ether oxygens (including phenoxy) is 1. The summed E-state index contributed by atoms with van der Waals surface area (Å²) in [6.45, 7) is 0.600. The van der Waals surface area contributed by atoms with Gasteiger partial charge >= 0.3 is 5.97 Å². The highest BCUT2D eigenvalue weighted by Crippen LogP contribution is 2.38. The Morgan fingerprint density at radius 1 is 1.06 bits per heavy atom. The lowest BCUT2D eigenvalue weighted by atomic mass is 9.87. The fourth-order valence-electron chi connectivity index (χ4n) is 4.51. The Hall–Kier alpha value is -3.84. The maximum Gasteiger partial charge on any atom is 0.335 e. The van der Waals surface area contributed by atoms with Crippen LogP contribution < -0.4 is 4.74 Å². The minimum atomic E-state index is -0.942. The van der Waals surface area contributed by atoms with Gasteiger partial charge < -0.3 is 14.4 Å². The molecule has 5 rings (SSSR count). The summed E-state index contributed by atoms with van der Waals surface area (Å²) in [4.78, 5) is 29.0. The van der Waals surface area contributed by atoms with E-state index in [4.69, 9.17) is 4.74 Å². The van der Waals surface area contributed by atoms with Gasteiger partial charge in [-0.15, -0.1) is 11.8 Å². The predicted octanol–water partition coefficient (Wildman–Crippen LogP) is 6.21. The van der Waals surface area contributed by atoms with Crippen LogP contribution in [0.15, 0.2) is 90.3 Å². The number of ketones is 1. The zero-order valence-electron chi connectivity index (χ0n) is 19.7. The smallest absolute Gasteiger partial charge is 0.335 e. The molecule has 0 aliphatic heterocycles. The van der Waals surface area contributed by atoms with Crippen LogP contribution in [0.5, 0.6) is 5.75 Å². The summed E-state index contributed by atoms with van der Waals surface area (Å²) in [5.74, 6) is 0.623. The number of aromatic nitrogens is 2. The Balaban J connectivity index is 1.47. The van der Waals surface area contributed by atoms with Crippen molar-refractivity contribution < 1.29 is 19.4 Å². The number of carbonyl (C=O) groups is 2. The van der Waals surface area contributed by atoms with Gasteiger partial charge in [0.25, 0.3) is 0 Å². The minimum absolute atomic E-state index is 0.179. The van der Waals surface area contributed by atoms with Crippen molar-refractivity contribution in [1.82, 2.24) is 9.55 Å². The quantitative estimate of drug-likeness (QED) is 0.276. The first-order valence-electron chi connectivity index (χ1n) is 11.9. The van der Waals surface area contributed by atoms with Crippen LogP contribution >= 0.6 is 11.8 Å². The van der Waals surface area contributed by atoms with Gasteiger partial charge in [0.05, 0.1) is 18.4 Å². The van der Waals surface area contributed by atoms with Crippen LogP contribution in [0.4, 0.5) is 0 Å². The SMILES string of the molecule is O=C(O)c1ccc(SCc2c(OC(Cn3ccnc3)c3ccccc3)ccc3c2CCCC3=O)cc1. The summed E-state index contributed by atoms with van der Waals surface area (Å²) in [6.07, 6.45) is 7.45. The summed E-state index contributed by atoms with van der Waals surface area (Å²) in [6, 6.07) is 20.8. The number of rotatable bonds is 9. The van der Waals surface area contributed by atoms with Gasteiger partial charge in [-0.3, -0.25) is 4.79 Å². The van der Waals surface area contributed by atoms with Crippen LogP contribution in [-0.4, -0.2) is 26.4 Å². The molecule has 1 unspecified atom stereocenters. The number of imidazole rings is 1. The molecule has 7 heteroatoms. The number of Topliss-reactive ketones (excluding diaryl/α,β-unsaturated/α-hetero) is 1. The monoisotopic (exact) mass is 498 g/mol. The molecule has 36 heavy (non-hydrogen) atoms. The molecule has 0 radical (unpaired) electrons. The molecule has 1 heterocycles. The van der Waals surface area contributed by atoms with Crippen LogP contribution in [0.3, 0.4) is 0 Å². The van der Waals surface area contributed by atoms with E-state index in [1.54, 1.807) is 36.4 Å². The van der Waals surface area contributed by atoms with Crippen LogP contribution in [0.25, 0.3) is 0 Å². The molecular weight excluding hydrogens is 472 g/mol. The molecule has 0 saturated heterocycles. The number of carboxylic acid groups (broad SMARTS) is 1. The Kier molecular flexibility index (Phi) is 7.18. The van der Waals surface area contributed by atoms with Crippen LogP contribution in [0.1, 0.15) is 56.4 Å². The molecule has 0 saturated carbocycles. The van der Waals surface area contributed by atoms with E-state index in [2.05, 4.69) is 17.1 Å². The van der Waals surface area contributed by atoms with Gasteiger partial charge in [0.1, 0.15) is 11.9 Å². The molecule has 3 aromatic carbocycles. The number of fused-ring (bicyclic) bond motifs is 1. The molecule has 1 aliphatic rings. The first kappa shape index (κ1) is 23.9. The Morgan fingerprint density at radius 2 is 1.86 bits per heavy atom. The standard InChI is InChI=1S/C29H26N2O4S/c32-26-8-4-7-23-24(26)13-14-27(25(23)18-36-22-11-9-21(10-12-22)29(33)34)35-28(17-31-16-15-30-19-31)20-5-2-1-3-6-20/h1-3,5-6,9-16,19,28H,4,7-8,17-18H2,(H,33,34). The predicted molar refractivity (Wildman–Crippen MR) is 139 cm³/mol. The molecule has 1 N–H and O–H groups in total. The fraction of sp³-hybridized carbons (Fsp3) is 0.207. The van der Waals surface area contributed by atoms with Crippen molar-refractivity contribution in [2.24, 2.45) is 0 Å². The Labute approximate surface area is 214 Å². The topological polar surface area (TPSA) is 81.4 Å². The van der Waals surface area contributed by atoms with Gasteiger partial charge in [0.2, 0.25) is 0 Å². The van der Waals surface area contributed by atoms with E-state index in [9.17, 15) is 14.7 Å². The maximum absolute atomic E-state index is 12.7. The summed E-state index contributed by atoms with van der Waals surface area (Å²) < 4.78 is 8.69. The van der Waals surface area contributed by atoms with Crippen molar-refractivity contribution >= 4 is 23.5 Å². The molecular formula is C29H26N2O4S. The van der Waals surface area contributed by atoms with E-state index in [-0.39, 0.29) is 17.5 Å². The number of nitrogens with zero attached hydrogens (tertiary/aromatic N) is 2. The molecule has 1 aliphatic carbocycles. The third-order valence-electron chi connectivity index (χ3n) is 6.38. The van der Waals surface area contributed by atoms with Crippen LogP contribution in [0.2, 0.25) is 0 Å². The van der Waals surface area contributed by atoms with E-state index in [0.29, 0.717) is 18.7 Å². The van der Waals surface area contributed by atoms with Gasteiger partial charge in [0.15, 0.2) is 5.78 Å². The number of carboxylic acids is 1. The zero-order chi connectivity index (χ0) is 24.9. The molecule has 0 bridgehead atoms. The first-order chi connectivity index (χ1) is 17.6. The van der Waals surface area contributed by atoms with Gasteiger partial charge in [-0.05, 0) is 60.4 Å². The van der Waals surface area contributed by atoms with E-state index < -0.39 is 5.97 Å². The second kappa shape index (κ2) is 10.8. The van der Waals surface area contributed by atoms with Crippen molar-refractivity contribution in [3.8, 4) is 5.75 Å². The molecule has 0 spiro atoms. The summed E-state index contributed by atoms with van der Waals surface area (Å²) >= 11 is 1.61. The second-order valence-electron chi connectivity index (χ2n) is 8.74. The lowest BCUT2D eigenvalue weighted by Crippen LogP contribution is -2.18. The van der Waals surface area contributed by atoms with Crippen LogP contribution in [-0.2, 0) is 18.7 Å². The number of hydrogen-bond acceptors (Lipinski definition) is 5. The largest absolute Gasteiger partial charge is 0.484 e. The number of hydrogen-bond donors (Lipinski definition) is 1. The Morgan fingerprint density at radius 3 is 2.58 bits per heavy atom. The second-order valence-corrected chi connectivity index (χ2v) is 9.79. The number of aromatic carboxylic acids is 1. The Bertz CT molecular complexity index is 1350. The van der Waals surface area contributed by atoms with E-state index in [0.717, 1.165) is 45.7 Å². The van der Waals surface area contributed by atoms with Crippen LogP contribution in [0, 0.1) is 0 Å². The average molecular weight is 499 g/mol. The van der Waals surface area contributed by atoms with Crippen molar-refractivity contribution in [3.05, 3.63) is 113 Å². The minimum Gasteiger partial charge on any atom is -0.484 e. The highest BCUT2D eigenvalue weighted by Gasteiger charge is 2.24. The molecule has 6 nitrogen and oxygen atoms in total. The third kappa shape index (κ3) is 5.36. The van der Waals surface area contributed by atoms with Crippen molar-refractivity contribution in [1.29, 1.82) is 0 Å². The lowest BCUT2D eigenvalue weighted by Gasteiger charge is -2.25. The molecule has 0 amide bonds. The van der Waals surface area contributed by atoms with Crippen molar-refractivity contribution in [2.75, 3.05) is 0 Å². The lowest BCUT2D eigenvalue weighted by molar-refractivity contribution is 0.0696. The number of carbonyl (C=O) groups excluding carboxylic acids is 1. The molecule has 182 valence electrons. The molecule has 4 aromatic rings. The van der Waals surface area contributed by atoms with E-state index in [1.807, 2.05) is 53.2 Å². The van der Waals surface area contributed by atoms with E-state index in [1.165, 1.54) is 0 Å². The number of benzene rings is 3. The van der Waals surface area contributed by atoms with Gasteiger partial charge in [0, 0.05) is 40.6 Å². The molecule has 1 atom stereocenters. The van der Waals surface area contributed by atoms with Gasteiger partial charge in [-0.1, -0.05) is 30.3 Å². The molecule has 1 aromatic heterocycles. The maximum atomic E-state index is 12.7. The summed E-state index contributed by atoms with van der Waals surface area (Å²) in [5, 5.41) is 9.19. The van der Waals surface area contributed by atoms with Crippen molar-refractivity contribution in [2.45, 2.75) is 42.6 Å². The summed E-state index contributed by atoms with van der Waals surface area (Å²) in [5.41, 5.74) is 4.20. The summed E-state index contributed by atoms with van der Waals surface area (Å²) in [7, 11) is 0. The van der Waals surface area contributed by atoms with Crippen molar-refractivity contribution in [3.63, 3.8) is 0 Å². The average Bonchev–Trinajstić information content (AvgIpc) is 3.42. The first-order valence-corrected chi connectivity index (χ1v) is 12.9. The fourth-order valence-corrected chi connectivity index (χ4v) is 5.47. The highest BCUT2D eigenvalue weighted by molar-refractivity contribution is 7.98. The van der Waals surface area contributed by atoms with Gasteiger partial charge in [-0.25, -0.2) is 9.78 Å². The zero-order valence-corrected chi connectivity index (χ0v) is 20.5. The highest BCUT2D eigenvalue weighted by atomic mass is 32.2. The molecule has 0 fully saturated rings. The number of thioether (sulfide) groups is 1.